The number of anilines is 1. The summed E-state index contributed by atoms with van der Waals surface area (Å²) >= 11 is 0. The summed E-state index contributed by atoms with van der Waals surface area (Å²) in [4.78, 5) is 17.0. The SMILES string of the molecule is Cc1nc(Cn2cc(-c3ccc(C)c(C(=O)Nc4ccccc4)c3)nn2)n[nH]1. The Labute approximate surface area is 161 Å². The van der Waals surface area contributed by atoms with Gasteiger partial charge in [0.05, 0.1) is 6.20 Å². The first-order chi connectivity index (χ1) is 13.6. The summed E-state index contributed by atoms with van der Waals surface area (Å²) in [5.74, 6) is 1.23. The Morgan fingerprint density at radius 3 is 2.71 bits per heavy atom. The summed E-state index contributed by atoms with van der Waals surface area (Å²) < 4.78 is 1.67. The van der Waals surface area contributed by atoms with Crippen molar-refractivity contribution < 1.29 is 4.79 Å². The third kappa shape index (κ3) is 3.80. The molecular weight excluding hydrogens is 354 g/mol. The lowest BCUT2D eigenvalue weighted by atomic mass is 10.0. The maximum atomic E-state index is 12.7. The molecule has 2 aromatic carbocycles. The van der Waals surface area contributed by atoms with E-state index in [4.69, 9.17) is 0 Å². The van der Waals surface area contributed by atoms with Gasteiger partial charge in [-0.2, -0.15) is 5.10 Å². The van der Waals surface area contributed by atoms with Crippen molar-refractivity contribution in [3.05, 3.63) is 77.5 Å². The van der Waals surface area contributed by atoms with Gasteiger partial charge in [-0.05, 0) is 37.6 Å². The quantitative estimate of drug-likeness (QED) is 0.560. The smallest absolute Gasteiger partial charge is 0.255 e. The molecule has 0 aliphatic rings. The number of rotatable bonds is 5. The number of hydrogen-bond donors (Lipinski definition) is 2. The predicted molar refractivity (Wildman–Crippen MR) is 105 cm³/mol. The maximum Gasteiger partial charge on any atom is 0.255 e. The molecule has 4 aromatic rings. The molecule has 0 radical (unpaired) electrons. The van der Waals surface area contributed by atoms with Crippen LogP contribution in [0.15, 0.2) is 54.7 Å². The van der Waals surface area contributed by atoms with Gasteiger partial charge in [-0.3, -0.25) is 9.89 Å². The molecule has 8 heteroatoms. The number of carbonyl (C=O) groups is 1. The van der Waals surface area contributed by atoms with E-state index >= 15 is 0 Å². The normalized spacial score (nSPS) is 10.8. The topological polar surface area (TPSA) is 101 Å². The van der Waals surface area contributed by atoms with Gasteiger partial charge >= 0.3 is 0 Å². The molecule has 0 saturated heterocycles. The van der Waals surface area contributed by atoms with Gasteiger partial charge in [0.2, 0.25) is 0 Å². The number of carbonyl (C=O) groups excluding carboxylic acids is 1. The molecule has 4 rings (SSSR count). The van der Waals surface area contributed by atoms with Gasteiger partial charge in [-0.1, -0.05) is 35.5 Å². The summed E-state index contributed by atoms with van der Waals surface area (Å²) in [6.07, 6.45) is 1.81. The zero-order chi connectivity index (χ0) is 19.5. The van der Waals surface area contributed by atoms with E-state index < -0.39 is 0 Å². The van der Waals surface area contributed by atoms with Gasteiger partial charge in [-0.25, -0.2) is 9.67 Å². The molecule has 0 bridgehead atoms. The Balaban J connectivity index is 1.56. The number of aromatic nitrogens is 6. The standard InChI is InChI=1S/C20H19N7O/c1-13-8-9-15(10-17(13)20(28)22-16-6-4-3-5-7-16)18-11-27(26-24-18)12-19-21-14(2)23-25-19/h3-11H,12H2,1-2H3,(H,22,28)(H,21,23,25). The van der Waals surface area contributed by atoms with Gasteiger partial charge < -0.3 is 5.32 Å². The molecule has 8 nitrogen and oxygen atoms in total. The molecule has 0 aliphatic carbocycles. The number of nitrogens with zero attached hydrogens (tertiary/aromatic N) is 5. The fraction of sp³-hybridized carbons (Fsp3) is 0.150. The van der Waals surface area contributed by atoms with Crippen molar-refractivity contribution in [2.45, 2.75) is 20.4 Å². The summed E-state index contributed by atoms with van der Waals surface area (Å²) in [5, 5.41) is 18.2. The summed E-state index contributed by atoms with van der Waals surface area (Å²) in [6, 6.07) is 15.1. The third-order valence-corrected chi connectivity index (χ3v) is 4.30. The molecule has 2 N–H and O–H groups in total. The van der Waals surface area contributed by atoms with Crippen LogP contribution < -0.4 is 5.32 Å². The molecule has 0 unspecified atom stereocenters. The van der Waals surface area contributed by atoms with Gasteiger partial charge in [-0.15, -0.1) is 5.10 Å². The largest absolute Gasteiger partial charge is 0.322 e. The van der Waals surface area contributed by atoms with E-state index in [1.54, 1.807) is 4.68 Å². The highest BCUT2D eigenvalue weighted by molar-refractivity contribution is 6.05. The number of aryl methyl sites for hydroxylation is 2. The van der Waals surface area contributed by atoms with Crippen LogP contribution in [0.25, 0.3) is 11.3 Å². The Morgan fingerprint density at radius 2 is 1.96 bits per heavy atom. The zero-order valence-corrected chi connectivity index (χ0v) is 15.5. The van der Waals surface area contributed by atoms with Crippen molar-refractivity contribution in [2.75, 3.05) is 5.32 Å². The van der Waals surface area contributed by atoms with Crippen molar-refractivity contribution in [2.24, 2.45) is 0 Å². The lowest BCUT2D eigenvalue weighted by Gasteiger charge is -2.09. The molecule has 140 valence electrons. The number of hydrogen-bond acceptors (Lipinski definition) is 5. The van der Waals surface area contributed by atoms with Gasteiger partial charge in [0.25, 0.3) is 5.91 Å². The Bertz CT molecular complexity index is 1110. The molecule has 1 amide bonds. The average molecular weight is 373 g/mol. The van der Waals surface area contributed by atoms with Crippen LogP contribution in [-0.2, 0) is 6.54 Å². The number of benzene rings is 2. The molecule has 28 heavy (non-hydrogen) atoms. The first kappa shape index (κ1) is 17.6. The Morgan fingerprint density at radius 1 is 1.14 bits per heavy atom. The van der Waals surface area contributed by atoms with E-state index in [0.717, 1.165) is 22.6 Å². The number of nitrogens with one attached hydrogen (secondary N) is 2. The number of aromatic amines is 1. The molecule has 2 aromatic heterocycles. The minimum Gasteiger partial charge on any atom is -0.322 e. The molecule has 0 fully saturated rings. The Hall–Kier alpha value is -3.81. The van der Waals surface area contributed by atoms with E-state index in [-0.39, 0.29) is 5.91 Å². The summed E-state index contributed by atoms with van der Waals surface area (Å²) in [5.41, 5.74) is 3.74. The lowest BCUT2D eigenvalue weighted by molar-refractivity contribution is 0.102. The van der Waals surface area contributed by atoms with Crippen LogP contribution in [0.4, 0.5) is 5.69 Å². The van der Waals surface area contributed by atoms with E-state index in [2.05, 4.69) is 30.8 Å². The fourth-order valence-corrected chi connectivity index (χ4v) is 2.86. The minimum absolute atomic E-state index is 0.158. The van der Waals surface area contributed by atoms with Crippen LogP contribution in [-0.4, -0.2) is 36.1 Å². The van der Waals surface area contributed by atoms with Crippen molar-refractivity contribution in [1.29, 1.82) is 0 Å². The van der Waals surface area contributed by atoms with Crippen LogP contribution in [0.1, 0.15) is 27.6 Å². The zero-order valence-electron chi connectivity index (χ0n) is 15.5. The van der Waals surface area contributed by atoms with Crippen LogP contribution in [0.3, 0.4) is 0 Å². The predicted octanol–water partition coefficient (Wildman–Crippen LogP) is 2.98. The second-order valence-corrected chi connectivity index (χ2v) is 6.49. The first-order valence-electron chi connectivity index (χ1n) is 8.84. The molecule has 0 spiro atoms. The van der Waals surface area contributed by atoms with Gasteiger partial charge in [0, 0.05) is 16.8 Å². The van der Waals surface area contributed by atoms with Crippen molar-refractivity contribution in [3.63, 3.8) is 0 Å². The Kier molecular flexibility index (Phi) is 4.67. The molecule has 0 aliphatic heterocycles. The minimum atomic E-state index is -0.158. The van der Waals surface area contributed by atoms with Crippen molar-refractivity contribution >= 4 is 11.6 Å². The molecule has 2 heterocycles. The number of H-pyrrole nitrogens is 1. The van der Waals surface area contributed by atoms with Gasteiger partial charge in [0.15, 0.2) is 5.82 Å². The summed E-state index contributed by atoms with van der Waals surface area (Å²) in [7, 11) is 0. The van der Waals surface area contributed by atoms with Crippen LogP contribution in [0.2, 0.25) is 0 Å². The maximum absolute atomic E-state index is 12.7. The molecule has 0 atom stereocenters. The second kappa shape index (κ2) is 7.43. The van der Waals surface area contributed by atoms with Crippen molar-refractivity contribution in [1.82, 2.24) is 30.2 Å². The van der Waals surface area contributed by atoms with Crippen molar-refractivity contribution in [3.8, 4) is 11.3 Å². The third-order valence-electron chi connectivity index (χ3n) is 4.30. The summed E-state index contributed by atoms with van der Waals surface area (Å²) in [6.45, 7) is 4.17. The van der Waals surface area contributed by atoms with E-state index in [1.807, 2.05) is 68.6 Å². The van der Waals surface area contributed by atoms with Crippen LogP contribution in [0, 0.1) is 13.8 Å². The van der Waals surface area contributed by atoms with E-state index in [1.165, 1.54) is 0 Å². The highest BCUT2D eigenvalue weighted by atomic mass is 16.1. The fourth-order valence-electron chi connectivity index (χ4n) is 2.86. The first-order valence-corrected chi connectivity index (χ1v) is 8.84. The average Bonchev–Trinajstić information content (AvgIpc) is 3.32. The lowest BCUT2D eigenvalue weighted by Crippen LogP contribution is -2.13. The molecule has 0 saturated carbocycles. The second-order valence-electron chi connectivity index (χ2n) is 6.49. The highest BCUT2D eigenvalue weighted by Crippen LogP contribution is 2.21. The highest BCUT2D eigenvalue weighted by Gasteiger charge is 2.13. The van der Waals surface area contributed by atoms with Crippen LogP contribution in [0.5, 0.6) is 0 Å². The number of para-hydroxylation sites is 1. The van der Waals surface area contributed by atoms with E-state index in [9.17, 15) is 4.79 Å². The van der Waals surface area contributed by atoms with Crippen LogP contribution >= 0.6 is 0 Å². The van der Waals surface area contributed by atoms with E-state index in [0.29, 0.717) is 23.6 Å². The van der Waals surface area contributed by atoms with Gasteiger partial charge in [0.1, 0.15) is 18.1 Å². The number of amides is 1. The molecular formula is C20H19N7O. The monoisotopic (exact) mass is 373 g/mol.